The molecule has 0 bridgehead atoms. The summed E-state index contributed by atoms with van der Waals surface area (Å²) in [5.41, 5.74) is 0.136. The first-order valence-corrected chi connectivity index (χ1v) is 4.34. The van der Waals surface area contributed by atoms with Crippen molar-refractivity contribution in [2.24, 2.45) is 0 Å². The number of aryl methyl sites for hydroxylation is 1. The third-order valence-corrected chi connectivity index (χ3v) is 1.71. The molecule has 15 heavy (non-hydrogen) atoms. The molecular weight excluding hydrogens is 200 g/mol. The fourth-order valence-corrected chi connectivity index (χ4v) is 1.07. The van der Waals surface area contributed by atoms with E-state index in [0.29, 0.717) is 5.69 Å². The quantitative estimate of drug-likeness (QED) is 0.428. The lowest BCUT2D eigenvalue weighted by atomic mass is 10.2. The van der Waals surface area contributed by atoms with Crippen LogP contribution in [0.15, 0.2) is 12.3 Å². The number of nitrogens with zero attached hydrogens (tertiary/aromatic N) is 2. The maximum atomic E-state index is 11.4. The molecule has 0 saturated carbocycles. The number of nitro groups is 1. The fourth-order valence-electron chi connectivity index (χ4n) is 1.07. The zero-order chi connectivity index (χ0) is 11.4. The Hall–Kier alpha value is -1.98. The molecule has 1 aromatic rings. The van der Waals surface area contributed by atoms with Crippen LogP contribution in [0.4, 0.5) is 5.69 Å². The molecule has 1 rings (SSSR count). The number of rotatable bonds is 3. The van der Waals surface area contributed by atoms with E-state index in [4.69, 9.17) is 4.74 Å². The Morgan fingerprint density at radius 3 is 2.87 bits per heavy atom. The molecule has 0 aliphatic carbocycles. The van der Waals surface area contributed by atoms with E-state index >= 15 is 0 Å². The largest absolute Gasteiger partial charge is 0.462 e. The van der Waals surface area contributed by atoms with E-state index in [1.165, 1.54) is 6.07 Å². The van der Waals surface area contributed by atoms with Crippen molar-refractivity contribution in [2.45, 2.75) is 13.8 Å². The Kier molecular flexibility index (Phi) is 3.33. The summed E-state index contributed by atoms with van der Waals surface area (Å²) in [7, 11) is 0. The summed E-state index contributed by atoms with van der Waals surface area (Å²) >= 11 is 0. The fraction of sp³-hybridized carbons (Fsp3) is 0.333. The Balaban J connectivity index is 3.18. The van der Waals surface area contributed by atoms with E-state index in [9.17, 15) is 14.9 Å². The lowest BCUT2D eigenvalue weighted by Gasteiger charge is -2.02. The van der Waals surface area contributed by atoms with Gasteiger partial charge < -0.3 is 4.74 Å². The monoisotopic (exact) mass is 210 g/mol. The van der Waals surface area contributed by atoms with E-state index in [1.807, 2.05) is 0 Å². The second-order valence-electron chi connectivity index (χ2n) is 2.82. The van der Waals surface area contributed by atoms with Crippen LogP contribution in [0.2, 0.25) is 0 Å². The molecule has 0 aliphatic rings. The molecule has 0 aliphatic heterocycles. The number of esters is 1. The van der Waals surface area contributed by atoms with Crippen LogP contribution >= 0.6 is 0 Å². The summed E-state index contributed by atoms with van der Waals surface area (Å²) in [6.45, 7) is 3.46. The Bertz CT molecular complexity index is 403. The van der Waals surface area contributed by atoms with Crippen molar-refractivity contribution in [1.29, 1.82) is 0 Å². The minimum Gasteiger partial charge on any atom is -0.462 e. The van der Waals surface area contributed by atoms with Gasteiger partial charge in [0.05, 0.1) is 11.5 Å². The number of pyridine rings is 1. The number of carbonyl (C=O) groups excluding carboxylic acids is 1. The minimum atomic E-state index is -0.699. The SMILES string of the molecule is CCOC(=O)c1cc(C)ncc1[N+](=O)[O-]. The Morgan fingerprint density at radius 2 is 2.33 bits per heavy atom. The van der Waals surface area contributed by atoms with Gasteiger partial charge in [-0.1, -0.05) is 0 Å². The highest BCUT2D eigenvalue weighted by molar-refractivity contribution is 5.93. The first-order valence-electron chi connectivity index (χ1n) is 4.34. The molecule has 0 radical (unpaired) electrons. The molecule has 6 nitrogen and oxygen atoms in total. The van der Waals surface area contributed by atoms with Crippen molar-refractivity contribution in [2.75, 3.05) is 6.61 Å². The van der Waals surface area contributed by atoms with Crippen molar-refractivity contribution in [3.8, 4) is 0 Å². The number of ether oxygens (including phenoxy) is 1. The third kappa shape index (κ3) is 2.49. The van der Waals surface area contributed by atoms with Gasteiger partial charge in [-0.05, 0) is 19.9 Å². The highest BCUT2D eigenvalue weighted by Gasteiger charge is 2.21. The van der Waals surface area contributed by atoms with E-state index < -0.39 is 10.9 Å². The van der Waals surface area contributed by atoms with Crippen LogP contribution in [-0.4, -0.2) is 22.5 Å². The molecule has 0 spiro atoms. The van der Waals surface area contributed by atoms with Crippen molar-refractivity contribution in [3.63, 3.8) is 0 Å². The molecule has 0 N–H and O–H groups in total. The molecule has 0 unspecified atom stereocenters. The van der Waals surface area contributed by atoms with Crippen LogP contribution in [0.3, 0.4) is 0 Å². The number of hydrogen-bond acceptors (Lipinski definition) is 5. The molecule has 80 valence electrons. The summed E-state index contributed by atoms with van der Waals surface area (Å²) in [5.74, 6) is -0.699. The Morgan fingerprint density at radius 1 is 1.67 bits per heavy atom. The Labute approximate surface area is 86.0 Å². The first-order chi connectivity index (χ1) is 7.06. The van der Waals surface area contributed by atoms with Crippen LogP contribution in [-0.2, 0) is 4.74 Å². The third-order valence-electron chi connectivity index (χ3n) is 1.71. The summed E-state index contributed by atoms with van der Waals surface area (Å²) in [6.07, 6.45) is 1.06. The van der Waals surface area contributed by atoms with Gasteiger partial charge in [-0.15, -0.1) is 0 Å². The molecule has 6 heteroatoms. The van der Waals surface area contributed by atoms with Crippen LogP contribution < -0.4 is 0 Å². The predicted molar refractivity (Wildman–Crippen MR) is 51.6 cm³/mol. The van der Waals surface area contributed by atoms with Crippen molar-refractivity contribution in [1.82, 2.24) is 4.98 Å². The van der Waals surface area contributed by atoms with Gasteiger partial charge in [0.2, 0.25) is 0 Å². The lowest BCUT2D eigenvalue weighted by molar-refractivity contribution is -0.385. The number of hydrogen-bond donors (Lipinski definition) is 0. The van der Waals surface area contributed by atoms with Crippen molar-refractivity contribution in [3.05, 3.63) is 33.6 Å². The van der Waals surface area contributed by atoms with Crippen LogP contribution in [0, 0.1) is 17.0 Å². The average Bonchev–Trinajstić information content (AvgIpc) is 2.17. The standard InChI is InChI=1S/C9H10N2O4/c1-3-15-9(12)7-4-6(2)10-5-8(7)11(13)14/h4-5H,3H2,1-2H3. The van der Waals surface area contributed by atoms with Crippen LogP contribution in [0.25, 0.3) is 0 Å². The number of carbonyl (C=O) groups is 1. The maximum absolute atomic E-state index is 11.4. The van der Waals surface area contributed by atoms with Gasteiger partial charge in [-0.2, -0.15) is 0 Å². The predicted octanol–water partition coefficient (Wildman–Crippen LogP) is 1.47. The molecule has 0 amide bonds. The first kappa shape index (κ1) is 11.1. The van der Waals surface area contributed by atoms with Crippen molar-refractivity contribution < 1.29 is 14.5 Å². The van der Waals surface area contributed by atoms with Gasteiger partial charge in [-0.25, -0.2) is 4.79 Å². The summed E-state index contributed by atoms with van der Waals surface area (Å²) in [6, 6.07) is 1.34. The number of aromatic nitrogens is 1. The lowest BCUT2D eigenvalue weighted by Crippen LogP contribution is -2.08. The van der Waals surface area contributed by atoms with Gasteiger partial charge >= 0.3 is 11.7 Å². The van der Waals surface area contributed by atoms with Gasteiger partial charge in [-0.3, -0.25) is 15.1 Å². The zero-order valence-electron chi connectivity index (χ0n) is 8.39. The maximum Gasteiger partial charge on any atom is 0.345 e. The van der Waals surface area contributed by atoms with Crippen LogP contribution in [0.1, 0.15) is 23.0 Å². The molecule has 0 fully saturated rings. The van der Waals surface area contributed by atoms with Crippen molar-refractivity contribution >= 4 is 11.7 Å². The molecular formula is C9H10N2O4. The van der Waals surface area contributed by atoms with E-state index in [0.717, 1.165) is 6.20 Å². The highest BCUT2D eigenvalue weighted by Crippen LogP contribution is 2.18. The molecule has 0 saturated heterocycles. The summed E-state index contributed by atoms with van der Waals surface area (Å²) < 4.78 is 4.70. The second kappa shape index (κ2) is 4.50. The van der Waals surface area contributed by atoms with E-state index in [2.05, 4.69) is 4.98 Å². The highest BCUT2D eigenvalue weighted by atomic mass is 16.6. The van der Waals surface area contributed by atoms with Gasteiger partial charge in [0, 0.05) is 5.69 Å². The van der Waals surface area contributed by atoms with E-state index in [-0.39, 0.29) is 17.9 Å². The zero-order valence-corrected chi connectivity index (χ0v) is 8.39. The smallest absolute Gasteiger partial charge is 0.345 e. The topological polar surface area (TPSA) is 82.3 Å². The molecule has 0 aromatic carbocycles. The molecule has 0 atom stereocenters. The summed E-state index contributed by atoms with van der Waals surface area (Å²) in [4.78, 5) is 25.1. The van der Waals surface area contributed by atoms with Gasteiger partial charge in [0.1, 0.15) is 11.8 Å². The summed E-state index contributed by atoms with van der Waals surface area (Å²) in [5, 5.41) is 10.6. The molecule has 1 heterocycles. The normalized spacial score (nSPS) is 9.73. The van der Waals surface area contributed by atoms with Crippen LogP contribution in [0.5, 0.6) is 0 Å². The van der Waals surface area contributed by atoms with Gasteiger partial charge in [0.15, 0.2) is 0 Å². The van der Waals surface area contributed by atoms with Gasteiger partial charge in [0.25, 0.3) is 0 Å². The average molecular weight is 210 g/mol. The molecule has 1 aromatic heterocycles. The van der Waals surface area contributed by atoms with E-state index in [1.54, 1.807) is 13.8 Å². The second-order valence-corrected chi connectivity index (χ2v) is 2.82. The minimum absolute atomic E-state index is 0.0608.